The fraction of sp³-hybridized carbons (Fsp3) is 0.333. The SMILES string of the molecule is COc1ccc(OC)c([C@@H]2CC(=O)c3c(C)cc4oc(=O)c5c(c4c3O2)CCC5)c1. The predicted octanol–water partition coefficient (Wildman–Crippen LogP) is 4.31. The molecule has 6 nitrogen and oxygen atoms in total. The van der Waals surface area contributed by atoms with E-state index < -0.39 is 6.10 Å². The second kappa shape index (κ2) is 6.90. The van der Waals surface area contributed by atoms with E-state index in [-0.39, 0.29) is 17.8 Å². The van der Waals surface area contributed by atoms with Gasteiger partial charge >= 0.3 is 5.63 Å². The Morgan fingerprint density at radius 1 is 1.03 bits per heavy atom. The normalized spacial score (nSPS) is 17.4. The maximum atomic E-state index is 13.2. The van der Waals surface area contributed by atoms with E-state index in [1.807, 2.05) is 25.1 Å². The van der Waals surface area contributed by atoms with Gasteiger partial charge in [-0.2, -0.15) is 0 Å². The highest BCUT2D eigenvalue weighted by molar-refractivity contribution is 6.07. The number of Topliss-reactive ketones (excluding diaryl/α,β-unsaturated/α-hetero) is 1. The van der Waals surface area contributed by atoms with Crippen LogP contribution in [-0.4, -0.2) is 20.0 Å². The molecule has 2 aromatic carbocycles. The van der Waals surface area contributed by atoms with Gasteiger partial charge in [-0.3, -0.25) is 4.79 Å². The van der Waals surface area contributed by atoms with Gasteiger partial charge in [-0.25, -0.2) is 4.79 Å². The number of carbonyl (C=O) groups excluding carboxylic acids is 1. The second-order valence-electron chi connectivity index (χ2n) is 7.81. The van der Waals surface area contributed by atoms with Crippen molar-refractivity contribution in [2.24, 2.45) is 0 Å². The summed E-state index contributed by atoms with van der Waals surface area (Å²) in [6.45, 7) is 1.85. The molecule has 5 rings (SSSR count). The minimum atomic E-state index is -0.524. The first-order valence-electron chi connectivity index (χ1n) is 10.1. The van der Waals surface area contributed by atoms with E-state index >= 15 is 0 Å². The smallest absolute Gasteiger partial charge is 0.339 e. The van der Waals surface area contributed by atoms with Crippen LogP contribution in [0.25, 0.3) is 11.0 Å². The van der Waals surface area contributed by atoms with E-state index in [1.54, 1.807) is 20.3 Å². The zero-order valence-electron chi connectivity index (χ0n) is 17.2. The first-order chi connectivity index (χ1) is 14.5. The first kappa shape index (κ1) is 18.7. The Hall–Kier alpha value is -3.28. The maximum Gasteiger partial charge on any atom is 0.339 e. The van der Waals surface area contributed by atoms with Gasteiger partial charge in [-0.15, -0.1) is 0 Å². The van der Waals surface area contributed by atoms with Crippen LogP contribution in [-0.2, 0) is 12.8 Å². The Bertz CT molecular complexity index is 1250. The Balaban J connectivity index is 1.74. The molecule has 0 saturated carbocycles. The van der Waals surface area contributed by atoms with Crippen LogP contribution in [0.4, 0.5) is 0 Å². The lowest BCUT2D eigenvalue weighted by Crippen LogP contribution is -2.23. The summed E-state index contributed by atoms with van der Waals surface area (Å²) in [6, 6.07) is 7.23. The molecule has 1 aliphatic carbocycles. The Kier molecular flexibility index (Phi) is 4.31. The van der Waals surface area contributed by atoms with E-state index in [4.69, 9.17) is 18.6 Å². The molecule has 1 atom stereocenters. The average molecular weight is 406 g/mol. The van der Waals surface area contributed by atoms with Gasteiger partial charge < -0.3 is 18.6 Å². The van der Waals surface area contributed by atoms with Crippen LogP contribution in [0.1, 0.15) is 51.6 Å². The monoisotopic (exact) mass is 406 g/mol. The van der Waals surface area contributed by atoms with Gasteiger partial charge in [-0.05, 0) is 61.6 Å². The van der Waals surface area contributed by atoms with Crippen molar-refractivity contribution in [3.8, 4) is 17.2 Å². The first-order valence-corrected chi connectivity index (χ1v) is 10.1. The van der Waals surface area contributed by atoms with Crippen LogP contribution in [0, 0.1) is 6.92 Å². The van der Waals surface area contributed by atoms with Crippen molar-refractivity contribution >= 4 is 16.8 Å². The summed E-state index contributed by atoms with van der Waals surface area (Å²) in [7, 11) is 3.18. The number of hydrogen-bond donors (Lipinski definition) is 0. The van der Waals surface area contributed by atoms with Gasteiger partial charge in [0.2, 0.25) is 0 Å². The van der Waals surface area contributed by atoms with Crippen molar-refractivity contribution in [2.45, 2.75) is 38.7 Å². The highest BCUT2D eigenvalue weighted by atomic mass is 16.5. The molecule has 0 unspecified atom stereocenters. The van der Waals surface area contributed by atoms with Crippen LogP contribution in [0.5, 0.6) is 17.2 Å². The molecule has 3 aromatic rings. The van der Waals surface area contributed by atoms with Crippen LogP contribution in [0.3, 0.4) is 0 Å². The number of fused-ring (bicyclic) bond motifs is 5. The maximum absolute atomic E-state index is 13.2. The van der Waals surface area contributed by atoms with Crippen molar-refractivity contribution in [3.63, 3.8) is 0 Å². The summed E-state index contributed by atoms with van der Waals surface area (Å²) in [5, 5.41) is 0.752. The number of hydrogen-bond acceptors (Lipinski definition) is 6. The lowest BCUT2D eigenvalue weighted by atomic mass is 9.90. The third kappa shape index (κ3) is 2.70. The average Bonchev–Trinajstić information content (AvgIpc) is 3.23. The molecule has 2 aliphatic rings. The molecule has 0 spiro atoms. The highest BCUT2D eigenvalue weighted by Crippen LogP contribution is 2.46. The lowest BCUT2D eigenvalue weighted by molar-refractivity contribution is 0.0849. The summed E-state index contributed by atoms with van der Waals surface area (Å²) >= 11 is 0. The van der Waals surface area contributed by atoms with E-state index in [0.717, 1.165) is 34.9 Å². The summed E-state index contributed by atoms with van der Waals surface area (Å²) in [4.78, 5) is 25.6. The van der Waals surface area contributed by atoms with Crippen molar-refractivity contribution in [3.05, 3.63) is 62.5 Å². The van der Waals surface area contributed by atoms with Gasteiger partial charge in [0.25, 0.3) is 0 Å². The number of ether oxygens (including phenoxy) is 3. The van der Waals surface area contributed by atoms with E-state index in [1.165, 1.54) is 0 Å². The number of methoxy groups -OCH3 is 2. The molecule has 1 aliphatic heterocycles. The third-order valence-electron chi connectivity index (χ3n) is 6.10. The standard InChI is InChI=1S/C24H22O6/c1-12-9-20-22(14-5-4-6-15(14)24(26)30-20)23-21(12)17(25)11-19(29-23)16-10-13(27-2)7-8-18(16)28-3/h7-10,19H,4-6,11H2,1-3H3/t19-/m0/s1. The van der Waals surface area contributed by atoms with E-state index in [0.29, 0.717) is 40.4 Å². The van der Waals surface area contributed by atoms with Crippen molar-refractivity contribution in [1.29, 1.82) is 0 Å². The van der Waals surface area contributed by atoms with Gasteiger partial charge in [0.05, 0.1) is 31.6 Å². The van der Waals surface area contributed by atoms with E-state index in [2.05, 4.69) is 0 Å². The number of carbonyl (C=O) groups is 1. The predicted molar refractivity (Wildman–Crippen MR) is 111 cm³/mol. The molecular formula is C24H22O6. The fourth-order valence-corrected chi connectivity index (χ4v) is 4.71. The quantitative estimate of drug-likeness (QED) is 0.603. The number of ketones is 1. The molecule has 6 heteroatoms. The van der Waals surface area contributed by atoms with Crippen LogP contribution < -0.4 is 19.8 Å². The molecule has 0 bridgehead atoms. The molecule has 0 N–H and O–H groups in total. The van der Waals surface area contributed by atoms with Gasteiger partial charge in [-0.1, -0.05) is 0 Å². The minimum Gasteiger partial charge on any atom is -0.497 e. The molecule has 0 amide bonds. The minimum absolute atomic E-state index is 0.00321. The largest absolute Gasteiger partial charge is 0.497 e. The van der Waals surface area contributed by atoms with Crippen molar-refractivity contribution < 1.29 is 23.4 Å². The molecule has 0 saturated heterocycles. The molecule has 0 radical (unpaired) electrons. The van der Waals surface area contributed by atoms with Crippen LogP contribution in [0.15, 0.2) is 33.5 Å². The molecule has 0 fully saturated rings. The molecule has 1 aromatic heterocycles. The third-order valence-corrected chi connectivity index (χ3v) is 6.10. The van der Waals surface area contributed by atoms with Crippen LogP contribution in [0.2, 0.25) is 0 Å². The van der Waals surface area contributed by atoms with Gasteiger partial charge in [0, 0.05) is 11.1 Å². The summed E-state index contributed by atoms with van der Waals surface area (Å²) < 4.78 is 23.0. The number of rotatable bonds is 3. The number of benzene rings is 2. The van der Waals surface area contributed by atoms with Gasteiger partial charge in [0.1, 0.15) is 28.9 Å². The second-order valence-corrected chi connectivity index (χ2v) is 7.81. The summed E-state index contributed by atoms with van der Waals surface area (Å²) in [6.07, 6.45) is 2.03. The Labute approximate surface area is 173 Å². The molecule has 154 valence electrons. The molecule has 2 heterocycles. The highest BCUT2D eigenvalue weighted by Gasteiger charge is 2.35. The fourth-order valence-electron chi connectivity index (χ4n) is 4.71. The zero-order chi connectivity index (χ0) is 21.0. The molecular weight excluding hydrogens is 384 g/mol. The Morgan fingerprint density at radius 3 is 2.60 bits per heavy atom. The van der Waals surface area contributed by atoms with Crippen LogP contribution >= 0.6 is 0 Å². The van der Waals surface area contributed by atoms with Crippen molar-refractivity contribution in [2.75, 3.05) is 14.2 Å². The summed E-state index contributed by atoms with van der Waals surface area (Å²) in [5.74, 6) is 1.81. The van der Waals surface area contributed by atoms with Crippen molar-refractivity contribution in [1.82, 2.24) is 0 Å². The topological polar surface area (TPSA) is 75.0 Å². The van der Waals surface area contributed by atoms with E-state index in [9.17, 15) is 9.59 Å². The zero-order valence-corrected chi connectivity index (χ0v) is 17.2. The Morgan fingerprint density at radius 2 is 1.83 bits per heavy atom. The number of aryl methyl sites for hydroxylation is 2. The summed E-state index contributed by atoms with van der Waals surface area (Å²) in [5.41, 5.74) is 3.91. The lowest BCUT2D eigenvalue weighted by Gasteiger charge is -2.29. The molecule has 30 heavy (non-hydrogen) atoms. The van der Waals surface area contributed by atoms with Gasteiger partial charge in [0.15, 0.2) is 5.78 Å².